The van der Waals surface area contributed by atoms with Crippen LogP contribution < -0.4 is 9.80 Å². The molecule has 0 bridgehead atoms. The Bertz CT molecular complexity index is 2420. The molecule has 0 aliphatic heterocycles. The molecule has 0 saturated carbocycles. The summed E-state index contributed by atoms with van der Waals surface area (Å²) >= 11 is 0. The summed E-state index contributed by atoms with van der Waals surface area (Å²) in [4.78, 5) is 4.67. The first-order valence-corrected chi connectivity index (χ1v) is 17.2. The van der Waals surface area contributed by atoms with Crippen LogP contribution in [0, 0.1) is 13.8 Å². The van der Waals surface area contributed by atoms with Crippen molar-refractivity contribution in [3.05, 3.63) is 204 Å². The Morgan fingerprint density at radius 2 is 0.680 bits per heavy atom. The fourth-order valence-corrected chi connectivity index (χ4v) is 6.84. The molecule has 0 amide bonds. The van der Waals surface area contributed by atoms with Gasteiger partial charge in [-0.1, -0.05) is 121 Å². The maximum atomic E-state index is 2.35. The summed E-state index contributed by atoms with van der Waals surface area (Å²) in [6.07, 6.45) is 4.38. The summed E-state index contributed by atoms with van der Waals surface area (Å²) in [5.41, 5.74) is 11.6. The quantitative estimate of drug-likeness (QED) is 0.152. The van der Waals surface area contributed by atoms with Crippen LogP contribution in [0.3, 0.4) is 0 Å². The standard InChI is InChI=1S/C48H38N2/c1-35-30-36(2)32-48(31-35)50(47-29-23-40-11-7-9-13-42(40)34-47)45-26-20-38(21-27-45)17-16-37-18-24-44(25-19-37)49(43-14-4-3-5-15-43)46-28-22-39-10-6-8-12-41(39)33-46/h3-34H,1-2H3/b17-16+. The summed E-state index contributed by atoms with van der Waals surface area (Å²) in [6.45, 7) is 4.33. The van der Waals surface area contributed by atoms with Gasteiger partial charge < -0.3 is 9.80 Å². The molecule has 0 atom stereocenters. The molecule has 0 saturated heterocycles. The number of aryl methyl sites for hydroxylation is 2. The molecule has 50 heavy (non-hydrogen) atoms. The van der Waals surface area contributed by atoms with E-state index in [1.165, 1.54) is 32.7 Å². The second-order valence-electron chi connectivity index (χ2n) is 12.9. The Hall–Kier alpha value is -6.38. The van der Waals surface area contributed by atoms with Crippen molar-refractivity contribution in [3.63, 3.8) is 0 Å². The van der Waals surface area contributed by atoms with Gasteiger partial charge in [0.25, 0.3) is 0 Å². The van der Waals surface area contributed by atoms with E-state index < -0.39 is 0 Å². The molecule has 0 radical (unpaired) electrons. The average molecular weight is 643 g/mol. The van der Waals surface area contributed by atoms with E-state index >= 15 is 0 Å². The number of nitrogens with zero attached hydrogens (tertiary/aromatic N) is 2. The van der Waals surface area contributed by atoms with Crippen molar-refractivity contribution >= 4 is 67.8 Å². The lowest BCUT2D eigenvalue weighted by molar-refractivity contribution is 1.26. The molecular formula is C48H38N2. The second kappa shape index (κ2) is 13.6. The van der Waals surface area contributed by atoms with E-state index in [2.05, 4.69) is 218 Å². The highest BCUT2D eigenvalue weighted by atomic mass is 15.1. The first-order chi connectivity index (χ1) is 24.6. The van der Waals surface area contributed by atoms with Gasteiger partial charge >= 0.3 is 0 Å². The summed E-state index contributed by atoms with van der Waals surface area (Å²) in [5, 5.41) is 4.94. The molecule has 0 spiro atoms. The van der Waals surface area contributed by atoms with Crippen LogP contribution in [0.25, 0.3) is 33.7 Å². The number of rotatable bonds is 8. The van der Waals surface area contributed by atoms with Crippen LogP contribution in [0.4, 0.5) is 34.1 Å². The smallest absolute Gasteiger partial charge is 0.0468 e. The lowest BCUT2D eigenvalue weighted by Crippen LogP contribution is -2.10. The number of hydrogen-bond donors (Lipinski definition) is 0. The Kier molecular flexibility index (Phi) is 8.42. The van der Waals surface area contributed by atoms with Crippen molar-refractivity contribution in [2.24, 2.45) is 0 Å². The second-order valence-corrected chi connectivity index (χ2v) is 12.9. The molecular weight excluding hydrogens is 605 g/mol. The molecule has 0 unspecified atom stereocenters. The minimum atomic E-state index is 1.12. The molecule has 0 fully saturated rings. The zero-order valence-corrected chi connectivity index (χ0v) is 28.4. The van der Waals surface area contributed by atoms with Crippen LogP contribution in [-0.2, 0) is 0 Å². The van der Waals surface area contributed by atoms with E-state index in [0.717, 1.165) is 45.3 Å². The van der Waals surface area contributed by atoms with Gasteiger partial charge in [0, 0.05) is 34.1 Å². The molecule has 2 heteroatoms. The Labute approximate surface area is 294 Å². The lowest BCUT2D eigenvalue weighted by atomic mass is 10.1. The lowest BCUT2D eigenvalue weighted by Gasteiger charge is -2.26. The molecule has 2 nitrogen and oxygen atoms in total. The van der Waals surface area contributed by atoms with Gasteiger partial charge in [-0.3, -0.25) is 0 Å². The number of anilines is 6. The van der Waals surface area contributed by atoms with Gasteiger partial charge in [-0.2, -0.15) is 0 Å². The SMILES string of the molecule is Cc1cc(C)cc(N(c2ccc(/C=C/c3ccc(N(c4ccccc4)c4ccc5ccccc5c4)cc3)cc2)c2ccc3ccccc3c2)c1. The van der Waals surface area contributed by atoms with Crippen LogP contribution >= 0.6 is 0 Å². The topological polar surface area (TPSA) is 6.48 Å². The van der Waals surface area contributed by atoms with Crippen molar-refractivity contribution < 1.29 is 0 Å². The summed E-state index contributed by atoms with van der Waals surface area (Å²) in [6, 6.07) is 65.4. The molecule has 8 aromatic rings. The number of benzene rings is 8. The van der Waals surface area contributed by atoms with Crippen LogP contribution in [0.2, 0.25) is 0 Å². The van der Waals surface area contributed by atoms with E-state index in [0.29, 0.717) is 0 Å². The predicted octanol–water partition coefficient (Wildman–Crippen LogP) is 13.7. The maximum Gasteiger partial charge on any atom is 0.0468 e. The van der Waals surface area contributed by atoms with E-state index in [1.807, 2.05) is 0 Å². The molecule has 8 aromatic carbocycles. The van der Waals surface area contributed by atoms with Gasteiger partial charge in [0.05, 0.1) is 0 Å². The minimum absolute atomic E-state index is 1.12. The van der Waals surface area contributed by atoms with Gasteiger partial charge in [0.1, 0.15) is 0 Å². The fraction of sp³-hybridized carbons (Fsp3) is 0.0417. The zero-order valence-electron chi connectivity index (χ0n) is 28.4. The Morgan fingerprint density at radius 1 is 0.300 bits per heavy atom. The monoisotopic (exact) mass is 642 g/mol. The molecule has 0 N–H and O–H groups in total. The van der Waals surface area contributed by atoms with Gasteiger partial charge in [0.15, 0.2) is 0 Å². The minimum Gasteiger partial charge on any atom is -0.310 e. The molecule has 0 aliphatic carbocycles. The summed E-state index contributed by atoms with van der Waals surface area (Å²) in [7, 11) is 0. The van der Waals surface area contributed by atoms with Crippen LogP contribution in [-0.4, -0.2) is 0 Å². The number of fused-ring (bicyclic) bond motifs is 2. The zero-order chi connectivity index (χ0) is 33.9. The van der Waals surface area contributed by atoms with E-state index in [4.69, 9.17) is 0 Å². The third kappa shape index (κ3) is 6.52. The molecule has 240 valence electrons. The normalized spacial score (nSPS) is 11.3. The highest BCUT2D eigenvalue weighted by Crippen LogP contribution is 2.38. The highest BCUT2D eigenvalue weighted by molar-refractivity contribution is 5.91. The van der Waals surface area contributed by atoms with Crippen LogP contribution in [0.1, 0.15) is 22.3 Å². The van der Waals surface area contributed by atoms with Gasteiger partial charge in [0.2, 0.25) is 0 Å². The number of hydrogen-bond acceptors (Lipinski definition) is 2. The Morgan fingerprint density at radius 3 is 1.16 bits per heavy atom. The van der Waals surface area contributed by atoms with E-state index in [9.17, 15) is 0 Å². The van der Waals surface area contributed by atoms with Gasteiger partial charge in [-0.05, 0) is 130 Å². The molecule has 0 heterocycles. The van der Waals surface area contributed by atoms with Gasteiger partial charge in [-0.25, -0.2) is 0 Å². The largest absolute Gasteiger partial charge is 0.310 e. The first-order valence-electron chi connectivity index (χ1n) is 17.2. The van der Waals surface area contributed by atoms with E-state index in [1.54, 1.807) is 0 Å². The molecule has 0 aromatic heterocycles. The summed E-state index contributed by atoms with van der Waals surface area (Å²) in [5.74, 6) is 0. The van der Waals surface area contributed by atoms with Crippen molar-refractivity contribution in [2.75, 3.05) is 9.80 Å². The molecule has 0 aliphatic rings. The van der Waals surface area contributed by atoms with Gasteiger partial charge in [-0.15, -0.1) is 0 Å². The van der Waals surface area contributed by atoms with E-state index in [-0.39, 0.29) is 0 Å². The van der Waals surface area contributed by atoms with Crippen molar-refractivity contribution in [1.29, 1.82) is 0 Å². The number of para-hydroxylation sites is 1. The Balaban J connectivity index is 1.07. The maximum absolute atomic E-state index is 2.35. The fourth-order valence-electron chi connectivity index (χ4n) is 6.84. The molecule has 8 rings (SSSR count). The van der Waals surface area contributed by atoms with Crippen LogP contribution in [0.15, 0.2) is 182 Å². The third-order valence-corrected chi connectivity index (χ3v) is 9.23. The third-order valence-electron chi connectivity index (χ3n) is 9.23. The van der Waals surface area contributed by atoms with Crippen molar-refractivity contribution in [1.82, 2.24) is 0 Å². The van der Waals surface area contributed by atoms with Crippen molar-refractivity contribution in [3.8, 4) is 0 Å². The van der Waals surface area contributed by atoms with Crippen molar-refractivity contribution in [2.45, 2.75) is 13.8 Å². The predicted molar refractivity (Wildman–Crippen MR) is 216 cm³/mol. The first kappa shape index (κ1) is 30.9. The highest BCUT2D eigenvalue weighted by Gasteiger charge is 2.15. The summed E-state index contributed by atoms with van der Waals surface area (Å²) < 4.78 is 0. The van der Waals surface area contributed by atoms with Crippen LogP contribution in [0.5, 0.6) is 0 Å². The average Bonchev–Trinajstić information content (AvgIpc) is 3.15.